The summed E-state index contributed by atoms with van der Waals surface area (Å²) in [5, 5.41) is 0.820. The molecule has 1 amide bonds. The van der Waals surface area contributed by atoms with Crippen LogP contribution in [0.4, 0.5) is 5.69 Å². The van der Waals surface area contributed by atoms with Crippen LogP contribution in [0.1, 0.15) is 18.1 Å². The van der Waals surface area contributed by atoms with E-state index in [-0.39, 0.29) is 5.91 Å². The standard InChI is InChI=1S/C23H25N3O2S/c1-3-17-4-6-18(7-5-17)16-21-22(27)24-23(29-21)26-14-12-25(13-15-26)19-8-10-20(28-2)11-9-19/h4-11,16H,3,12-15H2,1-2H3/b21-16-. The monoisotopic (exact) mass is 407 g/mol. The first kappa shape index (κ1) is 19.6. The van der Waals surface area contributed by atoms with Gasteiger partial charge in [0.15, 0.2) is 5.17 Å². The molecule has 5 nitrogen and oxygen atoms in total. The number of nitrogens with zero attached hydrogens (tertiary/aromatic N) is 3. The number of methoxy groups -OCH3 is 1. The van der Waals surface area contributed by atoms with Crippen LogP contribution in [-0.2, 0) is 11.2 Å². The van der Waals surface area contributed by atoms with Crippen molar-refractivity contribution in [1.82, 2.24) is 4.90 Å². The summed E-state index contributed by atoms with van der Waals surface area (Å²) in [5.41, 5.74) is 3.53. The minimum absolute atomic E-state index is 0.137. The molecule has 29 heavy (non-hydrogen) atoms. The molecule has 2 aromatic rings. The highest BCUT2D eigenvalue weighted by atomic mass is 32.2. The van der Waals surface area contributed by atoms with Crippen LogP contribution in [0.5, 0.6) is 5.75 Å². The lowest BCUT2D eigenvalue weighted by Crippen LogP contribution is -2.47. The number of amides is 1. The number of ether oxygens (including phenoxy) is 1. The number of thioether (sulfide) groups is 1. The molecular formula is C23H25N3O2S. The predicted octanol–water partition coefficient (Wildman–Crippen LogP) is 4.05. The van der Waals surface area contributed by atoms with Crippen LogP contribution in [0.2, 0.25) is 0 Å². The fourth-order valence-electron chi connectivity index (χ4n) is 3.48. The fraction of sp³-hybridized carbons (Fsp3) is 0.304. The Balaban J connectivity index is 1.37. The first-order chi connectivity index (χ1) is 14.2. The van der Waals surface area contributed by atoms with Gasteiger partial charge in [0.2, 0.25) is 0 Å². The first-order valence-corrected chi connectivity index (χ1v) is 10.7. The van der Waals surface area contributed by atoms with E-state index in [0.29, 0.717) is 4.91 Å². The molecule has 0 saturated carbocycles. The molecule has 1 fully saturated rings. The minimum Gasteiger partial charge on any atom is -0.497 e. The van der Waals surface area contributed by atoms with Crippen molar-refractivity contribution in [1.29, 1.82) is 0 Å². The molecule has 0 aliphatic carbocycles. The molecule has 2 aliphatic rings. The second-order valence-electron chi connectivity index (χ2n) is 7.08. The zero-order valence-corrected chi connectivity index (χ0v) is 17.6. The summed E-state index contributed by atoms with van der Waals surface area (Å²) in [5.74, 6) is 0.730. The highest BCUT2D eigenvalue weighted by Crippen LogP contribution is 2.31. The number of hydrogen-bond donors (Lipinski definition) is 0. The normalized spacial score (nSPS) is 18.3. The van der Waals surface area contributed by atoms with Gasteiger partial charge >= 0.3 is 0 Å². The van der Waals surface area contributed by atoms with Gasteiger partial charge in [-0.1, -0.05) is 31.2 Å². The van der Waals surface area contributed by atoms with Crippen LogP contribution < -0.4 is 9.64 Å². The second kappa shape index (κ2) is 8.74. The highest BCUT2D eigenvalue weighted by Gasteiger charge is 2.28. The van der Waals surface area contributed by atoms with Gasteiger partial charge in [-0.15, -0.1) is 0 Å². The van der Waals surface area contributed by atoms with Gasteiger partial charge in [0, 0.05) is 31.9 Å². The van der Waals surface area contributed by atoms with Gasteiger partial charge in [-0.2, -0.15) is 4.99 Å². The first-order valence-electron chi connectivity index (χ1n) is 9.91. The maximum absolute atomic E-state index is 12.4. The summed E-state index contributed by atoms with van der Waals surface area (Å²) in [6, 6.07) is 16.5. The third kappa shape index (κ3) is 4.48. The zero-order chi connectivity index (χ0) is 20.2. The van der Waals surface area contributed by atoms with E-state index in [1.54, 1.807) is 7.11 Å². The van der Waals surface area contributed by atoms with E-state index < -0.39 is 0 Å². The quantitative estimate of drug-likeness (QED) is 0.716. The number of amidine groups is 1. The molecule has 1 saturated heterocycles. The van der Waals surface area contributed by atoms with Crippen molar-refractivity contribution in [3.8, 4) is 5.75 Å². The molecule has 6 heteroatoms. The number of benzene rings is 2. The number of aryl methyl sites for hydroxylation is 1. The van der Waals surface area contributed by atoms with Gasteiger partial charge in [-0.25, -0.2) is 0 Å². The van der Waals surface area contributed by atoms with Crippen molar-refractivity contribution in [3.05, 3.63) is 64.6 Å². The maximum Gasteiger partial charge on any atom is 0.286 e. The SMILES string of the molecule is CCc1ccc(/C=C2\SC(N3CCN(c4ccc(OC)cc4)CC3)=NC2=O)cc1. The highest BCUT2D eigenvalue weighted by molar-refractivity contribution is 8.18. The number of carbonyl (C=O) groups excluding carboxylic acids is 1. The lowest BCUT2D eigenvalue weighted by atomic mass is 10.1. The van der Waals surface area contributed by atoms with Crippen LogP contribution >= 0.6 is 11.8 Å². The molecule has 0 unspecified atom stereocenters. The van der Waals surface area contributed by atoms with Crippen LogP contribution in [0.3, 0.4) is 0 Å². The van der Waals surface area contributed by atoms with Gasteiger partial charge < -0.3 is 14.5 Å². The number of aliphatic imine (C=N–C) groups is 1. The largest absolute Gasteiger partial charge is 0.497 e. The summed E-state index contributed by atoms with van der Waals surface area (Å²) in [7, 11) is 1.68. The number of piperazine rings is 1. The lowest BCUT2D eigenvalue weighted by Gasteiger charge is -2.36. The third-order valence-electron chi connectivity index (χ3n) is 5.28. The molecule has 0 bridgehead atoms. The molecule has 150 valence electrons. The summed E-state index contributed by atoms with van der Waals surface area (Å²) in [6.07, 6.45) is 2.96. The Kier molecular flexibility index (Phi) is 5.90. The van der Waals surface area contributed by atoms with Crippen molar-refractivity contribution in [2.24, 2.45) is 4.99 Å². The number of anilines is 1. The van der Waals surface area contributed by atoms with Crippen LogP contribution in [0.25, 0.3) is 6.08 Å². The molecule has 0 atom stereocenters. The summed E-state index contributed by atoms with van der Waals surface area (Å²) < 4.78 is 5.23. The molecule has 4 rings (SSSR count). The second-order valence-corrected chi connectivity index (χ2v) is 8.09. The Hall–Kier alpha value is -2.73. The molecular weight excluding hydrogens is 382 g/mol. The molecule has 0 N–H and O–H groups in total. The molecule has 0 spiro atoms. The Bertz CT molecular complexity index is 928. The van der Waals surface area contributed by atoms with Crippen LogP contribution in [-0.4, -0.2) is 49.3 Å². The minimum atomic E-state index is -0.137. The Morgan fingerprint density at radius 1 is 1.00 bits per heavy atom. The number of carbonyl (C=O) groups is 1. The average molecular weight is 408 g/mol. The lowest BCUT2D eigenvalue weighted by molar-refractivity contribution is -0.113. The van der Waals surface area contributed by atoms with Crippen molar-refractivity contribution < 1.29 is 9.53 Å². The zero-order valence-electron chi connectivity index (χ0n) is 16.8. The van der Waals surface area contributed by atoms with Crippen LogP contribution in [0, 0.1) is 0 Å². The van der Waals surface area contributed by atoms with E-state index in [2.05, 4.69) is 58.1 Å². The Morgan fingerprint density at radius 2 is 1.66 bits per heavy atom. The average Bonchev–Trinajstić information content (AvgIpc) is 3.14. The predicted molar refractivity (Wildman–Crippen MR) is 121 cm³/mol. The summed E-state index contributed by atoms with van der Waals surface area (Å²) in [6.45, 7) is 5.64. The maximum atomic E-state index is 12.4. The number of rotatable bonds is 4. The Labute approximate surface area is 176 Å². The number of hydrogen-bond acceptors (Lipinski definition) is 5. The summed E-state index contributed by atoms with van der Waals surface area (Å²) >= 11 is 1.48. The fourth-order valence-corrected chi connectivity index (χ4v) is 4.45. The Morgan fingerprint density at radius 3 is 2.28 bits per heavy atom. The van der Waals surface area contributed by atoms with Crippen LogP contribution in [0.15, 0.2) is 58.4 Å². The molecule has 2 aromatic carbocycles. The summed E-state index contributed by atoms with van der Waals surface area (Å²) in [4.78, 5) is 21.9. The third-order valence-corrected chi connectivity index (χ3v) is 6.33. The van der Waals surface area contributed by atoms with Crippen molar-refractivity contribution in [3.63, 3.8) is 0 Å². The molecule has 2 heterocycles. The van der Waals surface area contributed by atoms with E-state index in [1.807, 2.05) is 18.2 Å². The van der Waals surface area contributed by atoms with Crippen molar-refractivity contribution in [2.75, 3.05) is 38.2 Å². The molecule has 2 aliphatic heterocycles. The topological polar surface area (TPSA) is 45.1 Å². The van der Waals surface area contributed by atoms with E-state index in [4.69, 9.17) is 4.74 Å². The molecule has 0 aromatic heterocycles. The van der Waals surface area contributed by atoms with Gasteiger partial charge in [0.25, 0.3) is 5.91 Å². The van der Waals surface area contributed by atoms with Crippen molar-refractivity contribution >= 4 is 34.6 Å². The van der Waals surface area contributed by atoms with E-state index >= 15 is 0 Å². The van der Waals surface area contributed by atoms with E-state index in [0.717, 1.165) is 49.1 Å². The van der Waals surface area contributed by atoms with Gasteiger partial charge in [0.05, 0.1) is 12.0 Å². The van der Waals surface area contributed by atoms with E-state index in [9.17, 15) is 4.79 Å². The van der Waals surface area contributed by atoms with Gasteiger partial charge in [-0.3, -0.25) is 4.79 Å². The van der Waals surface area contributed by atoms with Crippen molar-refractivity contribution in [2.45, 2.75) is 13.3 Å². The smallest absolute Gasteiger partial charge is 0.286 e. The van der Waals surface area contributed by atoms with Gasteiger partial charge in [-0.05, 0) is 59.7 Å². The van der Waals surface area contributed by atoms with Gasteiger partial charge in [0.1, 0.15) is 5.75 Å². The van der Waals surface area contributed by atoms with E-state index in [1.165, 1.54) is 23.0 Å². The molecule has 0 radical (unpaired) electrons.